The highest BCUT2D eigenvalue weighted by molar-refractivity contribution is 6.31. The lowest BCUT2D eigenvalue weighted by Crippen LogP contribution is -2.19. The number of nitriles is 1. The Labute approximate surface area is 212 Å². The van der Waals surface area contributed by atoms with Gasteiger partial charge in [-0.3, -0.25) is 10.3 Å². The Morgan fingerprint density at radius 1 is 1.17 bits per heavy atom. The lowest BCUT2D eigenvalue weighted by molar-refractivity contribution is 0.121. The molecule has 1 N–H and O–H groups in total. The molecule has 7 nitrogen and oxygen atoms in total. The molecule has 5 rings (SSSR count). The van der Waals surface area contributed by atoms with Crippen LogP contribution in [0, 0.1) is 17.1 Å². The number of aromatic nitrogens is 3. The summed E-state index contributed by atoms with van der Waals surface area (Å²) in [5, 5.41) is 16.3. The quantitative estimate of drug-likeness (QED) is 0.321. The molecule has 36 heavy (non-hydrogen) atoms. The number of benzene rings is 2. The zero-order valence-corrected chi connectivity index (χ0v) is 20.0. The lowest BCUT2D eigenvalue weighted by atomic mass is 9.96. The first-order valence-corrected chi connectivity index (χ1v) is 11.7. The van der Waals surface area contributed by atoms with Gasteiger partial charge in [0.15, 0.2) is 11.6 Å². The Hall–Kier alpha value is -4.22. The molecule has 0 saturated heterocycles. The minimum absolute atomic E-state index is 0.170. The molecule has 1 aliphatic carbocycles. The third-order valence-electron chi connectivity index (χ3n) is 6.26. The van der Waals surface area contributed by atoms with Gasteiger partial charge in [-0.1, -0.05) is 54.1 Å². The molecule has 2 heterocycles. The Bertz CT molecular complexity index is 1460. The van der Waals surface area contributed by atoms with Gasteiger partial charge in [0.2, 0.25) is 0 Å². The van der Waals surface area contributed by atoms with Crippen LogP contribution >= 0.6 is 11.6 Å². The van der Waals surface area contributed by atoms with Crippen molar-refractivity contribution >= 4 is 23.5 Å². The van der Waals surface area contributed by atoms with Crippen molar-refractivity contribution in [2.24, 2.45) is 0 Å². The molecular formula is C27H21ClFN5O2. The topological polar surface area (TPSA) is 92.8 Å². The number of hydrogen-bond acceptors (Lipinski definition) is 5. The van der Waals surface area contributed by atoms with Gasteiger partial charge < -0.3 is 4.74 Å². The van der Waals surface area contributed by atoms with Crippen LogP contribution in [-0.4, -0.2) is 20.9 Å². The van der Waals surface area contributed by atoms with Crippen molar-refractivity contribution in [2.45, 2.75) is 31.3 Å². The van der Waals surface area contributed by atoms with E-state index >= 15 is 0 Å². The number of carbonyl (C=O) groups is 1. The number of pyridine rings is 1. The zero-order chi connectivity index (χ0) is 25.3. The van der Waals surface area contributed by atoms with Crippen molar-refractivity contribution in [3.8, 4) is 23.0 Å². The predicted molar refractivity (Wildman–Crippen MR) is 133 cm³/mol. The Morgan fingerprint density at radius 2 is 1.92 bits per heavy atom. The van der Waals surface area contributed by atoms with Crippen LogP contribution in [0.5, 0.6) is 0 Å². The Morgan fingerprint density at radius 3 is 2.56 bits per heavy atom. The molecule has 1 amide bonds. The minimum atomic E-state index is -0.849. The van der Waals surface area contributed by atoms with Gasteiger partial charge in [-0.05, 0) is 43.5 Å². The number of ether oxygens (including phenoxy) is 1. The molecule has 1 aliphatic rings. The van der Waals surface area contributed by atoms with Gasteiger partial charge in [-0.2, -0.15) is 10.4 Å². The molecule has 2 aromatic heterocycles. The lowest BCUT2D eigenvalue weighted by Gasteiger charge is -2.16. The highest BCUT2D eigenvalue weighted by Crippen LogP contribution is 2.47. The van der Waals surface area contributed by atoms with Gasteiger partial charge in [0.05, 0.1) is 35.3 Å². The third kappa shape index (κ3) is 4.53. The molecule has 1 saturated carbocycles. The van der Waals surface area contributed by atoms with Crippen LogP contribution in [0.3, 0.4) is 0 Å². The SMILES string of the molecule is CC(OC(=O)Nc1c(F)cnn1-c1ccc(-c2ccc(C3(C#N)CC3)cc2)nc1)c1ccccc1Cl. The molecule has 0 bridgehead atoms. The van der Waals surface area contributed by atoms with E-state index in [0.717, 1.165) is 30.2 Å². The summed E-state index contributed by atoms with van der Waals surface area (Å²) in [6.45, 7) is 1.68. The molecule has 0 radical (unpaired) electrons. The maximum absolute atomic E-state index is 14.5. The molecule has 0 aliphatic heterocycles. The van der Waals surface area contributed by atoms with Crippen molar-refractivity contribution < 1.29 is 13.9 Å². The van der Waals surface area contributed by atoms with E-state index in [-0.39, 0.29) is 11.2 Å². The number of nitrogens with zero attached hydrogens (tertiary/aromatic N) is 4. The summed E-state index contributed by atoms with van der Waals surface area (Å²) in [4.78, 5) is 17.0. The second kappa shape index (κ2) is 9.44. The second-order valence-corrected chi connectivity index (χ2v) is 9.03. The zero-order valence-electron chi connectivity index (χ0n) is 19.3. The summed E-state index contributed by atoms with van der Waals surface area (Å²) >= 11 is 6.16. The molecular weight excluding hydrogens is 481 g/mol. The first-order valence-electron chi connectivity index (χ1n) is 11.3. The van der Waals surface area contributed by atoms with Crippen molar-refractivity contribution in [1.82, 2.24) is 14.8 Å². The number of hydrogen-bond donors (Lipinski definition) is 1. The Balaban J connectivity index is 1.31. The van der Waals surface area contributed by atoms with Crippen LogP contribution in [0.2, 0.25) is 5.02 Å². The number of amides is 1. The summed E-state index contributed by atoms with van der Waals surface area (Å²) in [5.74, 6) is -0.889. The number of anilines is 1. The van der Waals surface area contributed by atoms with Crippen LogP contribution in [-0.2, 0) is 10.2 Å². The van der Waals surface area contributed by atoms with Crippen molar-refractivity contribution in [1.29, 1.82) is 5.26 Å². The number of rotatable bonds is 6. The first-order chi connectivity index (χ1) is 17.4. The summed E-state index contributed by atoms with van der Waals surface area (Å²) in [6, 6.07) is 20.7. The predicted octanol–water partition coefficient (Wildman–Crippen LogP) is 6.59. The molecule has 9 heteroatoms. The summed E-state index contributed by atoms with van der Waals surface area (Å²) in [7, 11) is 0. The molecule has 4 aromatic rings. The van der Waals surface area contributed by atoms with Crippen molar-refractivity contribution in [2.75, 3.05) is 5.32 Å². The van der Waals surface area contributed by atoms with Gasteiger partial charge in [-0.25, -0.2) is 13.9 Å². The first kappa shape index (κ1) is 23.5. The molecule has 1 unspecified atom stereocenters. The van der Waals surface area contributed by atoms with Crippen LogP contribution in [0.4, 0.5) is 15.0 Å². The number of halogens is 2. The fourth-order valence-electron chi connectivity index (χ4n) is 4.02. The molecule has 180 valence electrons. The van der Waals surface area contributed by atoms with E-state index in [9.17, 15) is 14.4 Å². The van der Waals surface area contributed by atoms with Crippen LogP contribution < -0.4 is 5.32 Å². The van der Waals surface area contributed by atoms with Gasteiger partial charge >= 0.3 is 6.09 Å². The highest BCUT2D eigenvalue weighted by Gasteiger charge is 2.44. The number of nitrogens with one attached hydrogen (secondary N) is 1. The average Bonchev–Trinajstić information content (AvgIpc) is 3.62. The standard InChI is InChI=1S/C27H21ClFN5O2/c1-17(21-4-2-3-5-22(21)28)36-26(35)33-25-23(29)15-32-34(25)20-10-11-24(31-14-20)18-6-8-19(9-7-18)27(16-30)12-13-27/h2-11,14-15,17H,12-13H2,1H3,(H,33,35). The molecule has 1 fully saturated rings. The molecule has 0 spiro atoms. The van der Waals surface area contributed by atoms with E-state index in [1.54, 1.807) is 43.3 Å². The van der Waals surface area contributed by atoms with Gasteiger partial charge in [0.1, 0.15) is 6.10 Å². The Kier molecular flexibility index (Phi) is 6.17. The smallest absolute Gasteiger partial charge is 0.413 e. The van der Waals surface area contributed by atoms with E-state index in [4.69, 9.17) is 16.3 Å². The van der Waals surface area contributed by atoms with Crippen molar-refractivity contribution in [3.05, 3.63) is 95.0 Å². The maximum Gasteiger partial charge on any atom is 0.413 e. The fraction of sp³-hybridized carbons (Fsp3) is 0.185. The number of carbonyl (C=O) groups excluding carboxylic acids is 1. The van der Waals surface area contributed by atoms with Gasteiger partial charge in [0, 0.05) is 16.1 Å². The monoisotopic (exact) mass is 501 g/mol. The minimum Gasteiger partial charge on any atom is -0.441 e. The second-order valence-electron chi connectivity index (χ2n) is 8.62. The van der Waals surface area contributed by atoms with E-state index < -0.39 is 18.0 Å². The summed E-state index contributed by atoms with van der Waals surface area (Å²) in [5.41, 5.74) is 3.37. The van der Waals surface area contributed by atoms with E-state index in [1.165, 1.54) is 10.9 Å². The summed E-state index contributed by atoms with van der Waals surface area (Å²) in [6.07, 6.45) is 2.82. The van der Waals surface area contributed by atoms with E-state index in [0.29, 0.717) is 22.0 Å². The highest BCUT2D eigenvalue weighted by atomic mass is 35.5. The fourth-order valence-corrected chi connectivity index (χ4v) is 4.31. The van der Waals surface area contributed by atoms with Gasteiger partial charge in [0.25, 0.3) is 0 Å². The molecule has 2 aromatic carbocycles. The van der Waals surface area contributed by atoms with Crippen LogP contribution in [0.25, 0.3) is 16.9 Å². The van der Waals surface area contributed by atoms with E-state index in [2.05, 4.69) is 21.5 Å². The summed E-state index contributed by atoms with van der Waals surface area (Å²) < 4.78 is 21.1. The van der Waals surface area contributed by atoms with E-state index in [1.807, 2.05) is 24.3 Å². The van der Waals surface area contributed by atoms with Crippen molar-refractivity contribution in [3.63, 3.8) is 0 Å². The third-order valence-corrected chi connectivity index (χ3v) is 6.61. The van der Waals surface area contributed by atoms with Crippen LogP contribution in [0.15, 0.2) is 73.1 Å². The average molecular weight is 502 g/mol. The van der Waals surface area contributed by atoms with Crippen LogP contribution in [0.1, 0.15) is 37.0 Å². The largest absolute Gasteiger partial charge is 0.441 e. The molecule has 1 atom stereocenters. The van der Waals surface area contributed by atoms with Gasteiger partial charge in [-0.15, -0.1) is 0 Å². The maximum atomic E-state index is 14.5. The normalized spacial score (nSPS) is 14.5.